The molecule has 0 unspecified atom stereocenters. The van der Waals surface area contributed by atoms with Crippen molar-refractivity contribution < 1.29 is 41.5 Å². The van der Waals surface area contributed by atoms with Crippen LogP contribution in [0.15, 0.2) is 40.9 Å². The van der Waals surface area contributed by atoms with Crippen molar-refractivity contribution in [2.24, 2.45) is 0 Å². The Morgan fingerprint density at radius 3 is 2.55 bits per heavy atom. The van der Waals surface area contributed by atoms with Gasteiger partial charge in [0.15, 0.2) is 10.9 Å². The highest BCUT2D eigenvalue weighted by Crippen LogP contribution is 2.47. The monoisotopic (exact) mass is 603 g/mol. The number of alkyl halides is 3. The summed E-state index contributed by atoms with van der Waals surface area (Å²) in [5.41, 5.74) is 0.131. The smallest absolute Gasteiger partial charge is 0.449 e. The predicted molar refractivity (Wildman–Crippen MR) is 144 cm³/mol. The molecule has 1 saturated carbocycles. The number of carboxylic acid groups (broad SMARTS) is 1. The summed E-state index contributed by atoms with van der Waals surface area (Å²) in [6, 6.07) is 8.06. The van der Waals surface area contributed by atoms with E-state index in [1.807, 2.05) is 0 Å². The average Bonchev–Trinajstić information content (AvgIpc) is 3.45. The first-order valence-corrected chi connectivity index (χ1v) is 14.5. The lowest BCUT2D eigenvalue weighted by molar-refractivity contribution is -0.137. The average molecular weight is 604 g/mol. The molecule has 42 heavy (non-hydrogen) atoms. The molecule has 0 radical (unpaired) electrons. The van der Waals surface area contributed by atoms with Crippen molar-refractivity contribution in [2.45, 2.75) is 75.4 Å². The van der Waals surface area contributed by atoms with Gasteiger partial charge in [-0.15, -0.1) is 0 Å². The Balaban J connectivity index is 1.10. The van der Waals surface area contributed by atoms with Crippen LogP contribution in [0.25, 0.3) is 21.5 Å². The van der Waals surface area contributed by atoms with Crippen molar-refractivity contribution >= 4 is 32.8 Å². The Labute approximate surface area is 240 Å². The molecule has 2 aromatic heterocycles. The highest BCUT2D eigenvalue weighted by atomic mass is 32.1. The summed E-state index contributed by atoms with van der Waals surface area (Å²) < 4.78 is 73.2. The number of fused-ring (bicyclic) bond motifs is 3. The largest absolute Gasteiger partial charge is 0.511 e. The van der Waals surface area contributed by atoms with E-state index >= 15 is 0 Å². The Morgan fingerprint density at radius 2 is 1.86 bits per heavy atom. The van der Waals surface area contributed by atoms with Crippen LogP contribution in [0, 0.1) is 5.82 Å². The number of ether oxygens (including phenoxy) is 2. The highest BCUT2D eigenvalue weighted by molar-refractivity contribution is 7.22. The Hall–Kier alpha value is -3.71. The van der Waals surface area contributed by atoms with E-state index in [-0.39, 0.29) is 53.2 Å². The van der Waals surface area contributed by atoms with Gasteiger partial charge in [-0.2, -0.15) is 13.2 Å². The number of rotatable bonds is 7. The van der Waals surface area contributed by atoms with E-state index in [9.17, 15) is 22.4 Å². The number of piperidine rings is 1. The third-order valence-electron chi connectivity index (χ3n) is 8.24. The van der Waals surface area contributed by atoms with Gasteiger partial charge >= 0.3 is 12.3 Å². The van der Waals surface area contributed by atoms with Crippen LogP contribution in [-0.4, -0.2) is 39.6 Å². The number of hydrogen-bond donors (Lipinski definition) is 1. The van der Waals surface area contributed by atoms with Crippen LogP contribution < -0.4 is 9.64 Å². The minimum absolute atomic E-state index is 0.0193. The van der Waals surface area contributed by atoms with Gasteiger partial charge in [0.05, 0.1) is 23.0 Å². The van der Waals surface area contributed by atoms with Crippen molar-refractivity contribution in [3.8, 4) is 17.0 Å². The van der Waals surface area contributed by atoms with Gasteiger partial charge in [-0.25, -0.2) is 14.2 Å². The molecule has 3 atom stereocenters. The standard InChI is InChI=1S/C29H25F4N3O5S/c30-22-11-18(40-28(37)38)12-23-25(22)34-27(42-23)36-15-7-8-16(36)10-17(9-15)39-13-20-24(35-41-26(20)14-5-6-14)19-3-1-2-4-21(19)29(31,32)33/h1-4,11-12,14-17H,5-10,13H2,(H,37,38)/t15-,16+,17+. The van der Waals surface area contributed by atoms with Gasteiger partial charge in [-0.3, -0.25) is 0 Å². The normalized spacial score (nSPS) is 22.2. The summed E-state index contributed by atoms with van der Waals surface area (Å²) in [4.78, 5) is 17.6. The van der Waals surface area contributed by atoms with E-state index in [4.69, 9.17) is 14.4 Å². The number of thiazole rings is 1. The summed E-state index contributed by atoms with van der Waals surface area (Å²) >= 11 is 1.28. The van der Waals surface area contributed by atoms with Gasteiger partial charge in [0.2, 0.25) is 0 Å². The third kappa shape index (κ3) is 4.98. The van der Waals surface area contributed by atoms with E-state index in [1.165, 1.54) is 29.5 Å². The van der Waals surface area contributed by atoms with Gasteiger partial charge in [0, 0.05) is 41.3 Å². The fourth-order valence-corrected chi connectivity index (χ4v) is 7.43. The lowest BCUT2D eigenvalue weighted by Gasteiger charge is -2.38. The topological polar surface area (TPSA) is 97.9 Å². The zero-order valence-electron chi connectivity index (χ0n) is 22.1. The number of nitrogens with zero attached hydrogens (tertiary/aromatic N) is 3. The number of benzene rings is 2. The van der Waals surface area contributed by atoms with Crippen LogP contribution in [-0.2, 0) is 17.5 Å². The number of hydrogen-bond acceptors (Lipinski definition) is 8. The summed E-state index contributed by atoms with van der Waals surface area (Å²) in [6.45, 7) is 0.0969. The summed E-state index contributed by atoms with van der Waals surface area (Å²) in [6.07, 6.45) is -1.22. The van der Waals surface area contributed by atoms with E-state index in [0.29, 0.717) is 34.0 Å². The molecule has 1 N–H and O–H groups in total. The molecule has 7 rings (SSSR count). The Kier molecular flexibility index (Phi) is 6.61. The molecule has 4 heterocycles. The van der Waals surface area contributed by atoms with Gasteiger partial charge in [-0.05, 0) is 44.6 Å². The predicted octanol–water partition coefficient (Wildman–Crippen LogP) is 7.76. The molecular weight excluding hydrogens is 578 g/mol. The zero-order valence-corrected chi connectivity index (χ0v) is 22.9. The van der Waals surface area contributed by atoms with E-state index in [2.05, 4.69) is 19.8 Å². The third-order valence-corrected chi connectivity index (χ3v) is 9.26. The highest BCUT2D eigenvalue weighted by Gasteiger charge is 2.43. The summed E-state index contributed by atoms with van der Waals surface area (Å²) in [7, 11) is 0. The quantitative estimate of drug-likeness (QED) is 0.130. The molecule has 2 bridgehead atoms. The second-order valence-electron chi connectivity index (χ2n) is 11.0. The maximum absolute atomic E-state index is 14.7. The van der Waals surface area contributed by atoms with Crippen LogP contribution in [0.1, 0.15) is 61.3 Å². The molecule has 2 aliphatic heterocycles. The lowest BCUT2D eigenvalue weighted by atomic mass is 9.98. The van der Waals surface area contributed by atoms with Crippen LogP contribution in [0.4, 0.5) is 27.5 Å². The SMILES string of the molecule is O=C(O)Oc1cc(F)c2nc(N3[C@@H]4CC[C@H]3C[C@@H](OCc3c(-c5ccccc5C(F)(F)F)noc3C3CC3)C4)sc2c1. The van der Waals surface area contributed by atoms with Crippen molar-refractivity contribution in [2.75, 3.05) is 4.90 Å². The number of carbonyl (C=O) groups is 1. The van der Waals surface area contributed by atoms with Gasteiger partial charge in [0.25, 0.3) is 0 Å². The minimum atomic E-state index is -4.53. The lowest BCUT2D eigenvalue weighted by Crippen LogP contribution is -2.45. The van der Waals surface area contributed by atoms with Crippen LogP contribution >= 0.6 is 11.3 Å². The van der Waals surface area contributed by atoms with E-state index in [1.54, 1.807) is 6.07 Å². The molecule has 3 aliphatic rings. The fraction of sp³-hybridized carbons (Fsp3) is 0.414. The van der Waals surface area contributed by atoms with E-state index < -0.39 is 23.7 Å². The van der Waals surface area contributed by atoms with Crippen LogP contribution in [0.3, 0.4) is 0 Å². The van der Waals surface area contributed by atoms with Crippen molar-refractivity contribution in [1.82, 2.24) is 10.1 Å². The molecule has 4 aromatic rings. The molecule has 220 valence electrons. The second-order valence-corrected chi connectivity index (χ2v) is 12.0. The first-order chi connectivity index (χ1) is 20.2. The zero-order chi connectivity index (χ0) is 29.2. The molecule has 2 saturated heterocycles. The summed E-state index contributed by atoms with van der Waals surface area (Å²) in [5.74, 6) is -0.0128. The number of aromatic nitrogens is 2. The second kappa shape index (κ2) is 10.2. The van der Waals surface area contributed by atoms with Crippen molar-refractivity contribution in [3.05, 3.63) is 59.1 Å². The maximum atomic E-state index is 14.7. The van der Waals surface area contributed by atoms with Crippen LogP contribution in [0.2, 0.25) is 0 Å². The van der Waals surface area contributed by atoms with Crippen molar-refractivity contribution in [1.29, 1.82) is 0 Å². The number of anilines is 1. The molecule has 2 aromatic carbocycles. The van der Waals surface area contributed by atoms with Gasteiger partial charge in [-0.1, -0.05) is 34.7 Å². The van der Waals surface area contributed by atoms with E-state index in [0.717, 1.165) is 37.8 Å². The fourth-order valence-electron chi connectivity index (χ4n) is 6.28. The molecule has 0 spiro atoms. The Bertz CT molecular complexity index is 1650. The van der Waals surface area contributed by atoms with Gasteiger partial charge < -0.3 is 24.0 Å². The Morgan fingerprint density at radius 1 is 1.12 bits per heavy atom. The molecular formula is C29H25F4N3O5S. The molecule has 0 amide bonds. The van der Waals surface area contributed by atoms with Crippen molar-refractivity contribution in [3.63, 3.8) is 0 Å². The first kappa shape index (κ1) is 27.1. The summed E-state index contributed by atoms with van der Waals surface area (Å²) in [5, 5.41) is 13.6. The molecule has 1 aliphatic carbocycles. The number of halogens is 4. The minimum Gasteiger partial charge on any atom is -0.449 e. The van der Waals surface area contributed by atoms with Crippen LogP contribution in [0.5, 0.6) is 5.75 Å². The molecule has 3 fully saturated rings. The molecule has 13 heteroatoms. The maximum Gasteiger partial charge on any atom is 0.511 e. The van der Waals surface area contributed by atoms with Gasteiger partial charge in [0.1, 0.15) is 22.7 Å². The molecule has 8 nitrogen and oxygen atoms in total. The first-order valence-electron chi connectivity index (χ1n) is 13.7.